The van der Waals surface area contributed by atoms with Gasteiger partial charge in [0.15, 0.2) is 9.84 Å². The molecule has 1 aliphatic heterocycles. The summed E-state index contributed by atoms with van der Waals surface area (Å²) in [5.74, 6) is -0.844. The summed E-state index contributed by atoms with van der Waals surface area (Å²) < 4.78 is 27.3. The number of nitrogens with one attached hydrogen (secondary N) is 1. The van der Waals surface area contributed by atoms with E-state index in [1.54, 1.807) is 27.8 Å². The van der Waals surface area contributed by atoms with Crippen molar-refractivity contribution in [3.05, 3.63) is 0 Å². The van der Waals surface area contributed by atoms with Crippen LogP contribution in [0.1, 0.15) is 20.8 Å². The molecule has 0 radical (unpaired) electrons. The van der Waals surface area contributed by atoms with E-state index in [-0.39, 0.29) is 11.5 Å². The average Bonchev–Trinajstić information content (AvgIpc) is 1.95. The number of hydrogen-bond donors (Lipinski definition) is 1. The van der Waals surface area contributed by atoms with Crippen LogP contribution in [0.5, 0.6) is 0 Å². The highest BCUT2D eigenvalue weighted by Crippen LogP contribution is 2.26. The van der Waals surface area contributed by atoms with Crippen LogP contribution in [0.3, 0.4) is 0 Å². The van der Waals surface area contributed by atoms with Gasteiger partial charge in [-0.05, 0) is 27.8 Å². The van der Waals surface area contributed by atoms with Gasteiger partial charge in [-0.15, -0.1) is 0 Å². The highest BCUT2D eigenvalue weighted by Gasteiger charge is 2.55. The lowest BCUT2D eigenvalue weighted by Gasteiger charge is -2.39. The van der Waals surface area contributed by atoms with E-state index in [9.17, 15) is 13.2 Å². The van der Waals surface area contributed by atoms with Crippen molar-refractivity contribution >= 4 is 15.8 Å². The highest BCUT2D eigenvalue weighted by molar-refractivity contribution is 7.93. The van der Waals surface area contributed by atoms with Gasteiger partial charge in [0.05, 0.1) is 11.5 Å². The zero-order valence-corrected chi connectivity index (χ0v) is 10.3. The lowest BCUT2D eigenvalue weighted by atomic mass is 10.0. The van der Waals surface area contributed by atoms with E-state index in [1.807, 2.05) is 0 Å². The summed E-state index contributed by atoms with van der Waals surface area (Å²) >= 11 is 0. The largest absolute Gasteiger partial charge is 0.459 e. The molecular weight excluding hydrogens is 218 g/mol. The van der Waals surface area contributed by atoms with Crippen LogP contribution in [-0.4, -0.2) is 44.1 Å². The molecule has 88 valence electrons. The lowest BCUT2D eigenvalue weighted by molar-refractivity contribution is -0.161. The maximum Gasteiger partial charge on any atom is 0.328 e. The number of hydrogen-bond acceptors (Lipinski definition) is 5. The van der Waals surface area contributed by atoms with Crippen LogP contribution in [0.25, 0.3) is 0 Å². The summed E-state index contributed by atoms with van der Waals surface area (Å²) in [6.45, 7) is 5.25. The summed E-state index contributed by atoms with van der Waals surface area (Å²) in [6, 6.07) is 0. The number of carbonyl (C=O) groups excluding carboxylic acids is 1. The van der Waals surface area contributed by atoms with Crippen molar-refractivity contribution in [1.82, 2.24) is 5.32 Å². The number of likely N-dealkylation sites (N-methyl/N-ethyl adjacent to an activating group) is 1. The summed E-state index contributed by atoms with van der Waals surface area (Å²) in [5.41, 5.74) is -1.63. The molecule has 0 aromatic rings. The number of carbonyl (C=O) groups is 1. The van der Waals surface area contributed by atoms with Crippen molar-refractivity contribution in [2.45, 2.75) is 31.9 Å². The van der Waals surface area contributed by atoms with Gasteiger partial charge in [0.1, 0.15) is 11.1 Å². The Morgan fingerprint density at radius 1 is 1.33 bits per heavy atom. The van der Waals surface area contributed by atoms with Crippen molar-refractivity contribution < 1.29 is 17.9 Å². The predicted octanol–water partition coefficient (Wildman–Crippen LogP) is -0.285. The minimum atomic E-state index is -3.07. The van der Waals surface area contributed by atoms with Gasteiger partial charge < -0.3 is 10.1 Å². The van der Waals surface area contributed by atoms with Crippen LogP contribution in [0, 0.1) is 0 Å². The van der Waals surface area contributed by atoms with Crippen LogP contribution >= 0.6 is 0 Å². The molecule has 1 saturated heterocycles. The second-order valence-electron chi connectivity index (χ2n) is 4.87. The zero-order chi connectivity index (χ0) is 11.9. The Hall–Kier alpha value is -0.620. The Morgan fingerprint density at radius 3 is 2.07 bits per heavy atom. The standard InChI is InChI=1S/C9H17NO4S/c1-8(2,3)14-7(11)9(10-4)5-15(12,13)6-9/h10H,5-6H2,1-4H3. The molecule has 5 nitrogen and oxygen atoms in total. The van der Waals surface area contributed by atoms with Gasteiger partial charge in [-0.2, -0.15) is 0 Å². The van der Waals surface area contributed by atoms with Crippen LogP contribution in [0.2, 0.25) is 0 Å². The number of sulfone groups is 1. The summed E-state index contributed by atoms with van der Waals surface area (Å²) in [4.78, 5) is 11.7. The Morgan fingerprint density at radius 2 is 1.80 bits per heavy atom. The Bertz CT molecular complexity index is 354. The molecule has 6 heteroatoms. The van der Waals surface area contributed by atoms with Gasteiger partial charge in [-0.25, -0.2) is 13.2 Å². The van der Waals surface area contributed by atoms with Crippen molar-refractivity contribution in [2.75, 3.05) is 18.6 Å². The van der Waals surface area contributed by atoms with Crippen LogP contribution in [-0.2, 0) is 19.4 Å². The first-order chi connectivity index (χ1) is 6.60. The smallest absolute Gasteiger partial charge is 0.328 e. The molecule has 1 aliphatic rings. The molecule has 1 heterocycles. The zero-order valence-electron chi connectivity index (χ0n) is 9.46. The summed E-state index contributed by atoms with van der Waals surface area (Å²) in [5, 5.41) is 2.74. The van der Waals surface area contributed by atoms with E-state index >= 15 is 0 Å². The average molecular weight is 235 g/mol. The molecule has 0 aromatic carbocycles. The quantitative estimate of drug-likeness (QED) is 0.666. The third-order valence-corrected chi connectivity index (χ3v) is 4.07. The van der Waals surface area contributed by atoms with Crippen molar-refractivity contribution in [1.29, 1.82) is 0 Å². The topological polar surface area (TPSA) is 72.5 Å². The monoisotopic (exact) mass is 235 g/mol. The minimum Gasteiger partial charge on any atom is -0.459 e. The second kappa shape index (κ2) is 3.45. The molecule has 0 bridgehead atoms. The Kier molecular flexibility index (Phi) is 2.86. The second-order valence-corrected chi connectivity index (χ2v) is 6.93. The van der Waals surface area contributed by atoms with Gasteiger partial charge in [0, 0.05) is 0 Å². The number of rotatable bonds is 2. The fourth-order valence-electron chi connectivity index (χ4n) is 1.45. The summed E-state index contributed by atoms with van der Waals surface area (Å²) in [6.07, 6.45) is 0. The van der Waals surface area contributed by atoms with Gasteiger partial charge in [-0.1, -0.05) is 0 Å². The molecule has 1 N–H and O–H groups in total. The van der Waals surface area contributed by atoms with Crippen molar-refractivity contribution in [2.24, 2.45) is 0 Å². The fourth-order valence-corrected chi connectivity index (χ4v) is 3.39. The van der Waals surface area contributed by atoms with Gasteiger partial charge >= 0.3 is 5.97 Å². The molecule has 0 saturated carbocycles. The molecule has 1 rings (SSSR count). The van der Waals surface area contributed by atoms with Gasteiger partial charge in [-0.3, -0.25) is 0 Å². The minimum absolute atomic E-state index is 0.175. The molecule has 0 atom stereocenters. The van der Waals surface area contributed by atoms with Crippen LogP contribution < -0.4 is 5.32 Å². The van der Waals surface area contributed by atoms with Gasteiger partial charge in [0.2, 0.25) is 0 Å². The first-order valence-corrected chi connectivity index (χ1v) is 6.55. The van der Waals surface area contributed by atoms with E-state index in [2.05, 4.69) is 5.32 Å². The normalized spacial score (nSPS) is 22.9. The van der Waals surface area contributed by atoms with E-state index < -0.39 is 26.9 Å². The first-order valence-electron chi connectivity index (χ1n) is 4.73. The predicted molar refractivity (Wildman–Crippen MR) is 56.3 cm³/mol. The SMILES string of the molecule is CNC1(C(=O)OC(C)(C)C)CS(=O)(=O)C1. The lowest BCUT2D eigenvalue weighted by Crippen LogP contribution is -2.68. The third-order valence-electron chi connectivity index (χ3n) is 2.20. The van der Waals surface area contributed by atoms with E-state index in [0.29, 0.717) is 0 Å². The molecule has 15 heavy (non-hydrogen) atoms. The molecule has 0 spiro atoms. The van der Waals surface area contributed by atoms with Crippen molar-refractivity contribution in [3.63, 3.8) is 0 Å². The first kappa shape index (κ1) is 12.4. The summed E-state index contributed by atoms with van der Waals surface area (Å²) in [7, 11) is -1.50. The third kappa shape index (κ3) is 2.69. The highest BCUT2D eigenvalue weighted by atomic mass is 32.2. The van der Waals surface area contributed by atoms with Gasteiger partial charge in [0.25, 0.3) is 0 Å². The molecule has 1 fully saturated rings. The molecule has 0 unspecified atom stereocenters. The Labute approximate surface area is 90.1 Å². The molecule has 0 aliphatic carbocycles. The Balaban J connectivity index is 2.75. The maximum atomic E-state index is 11.7. The molecular formula is C9H17NO4S. The van der Waals surface area contributed by atoms with Crippen molar-refractivity contribution in [3.8, 4) is 0 Å². The number of ether oxygens (including phenoxy) is 1. The maximum absolute atomic E-state index is 11.7. The molecule has 0 aromatic heterocycles. The molecule has 0 amide bonds. The van der Waals surface area contributed by atoms with Crippen LogP contribution in [0.4, 0.5) is 0 Å². The van der Waals surface area contributed by atoms with Crippen LogP contribution in [0.15, 0.2) is 0 Å². The van der Waals surface area contributed by atoms with E-state index in [0.717, 1.165) is 0 Å². The number of esters is 1. The van der Waals surface area contributed by atoms with E-state index in [1.165, 1.54) is 0 Å². The van der Waals surface area contributed by atoms with E-state index in [4.69, 9.17) is 4.74 Å². The fraction of sp³-hybridized carbons (Fsp3) is 0.889.